The maximum absolute atomic E-state index is 13.3. The zero-order valence-electron chi connectivity index (χ0n) is 10.8. The van der Waals surface area contributed by atoms with E-state index in [0.29, 0.717) is 6.07 Å². The number of amides is 1. The summed E-state index contributed by atoms with van der Waals surface area (Å²) in [7, 11) is 0. The van der Waals surface area contributed by atoms with Crippen LogP contribution in [0.15, 0.2) is 18.2 Å². The summed E-state index contributed by atoms with van der Waals surface area (Å²) in [5, 5.41) is 19.4. The van der Waals surface area contributed by atoms with E-state index in [1.807, 2.05) is 0 Å². The van der Waals surface area contributed by atoms with Crippen molar-refractivity contribution in [2.45, 2.75) is 25.3 Å². The third-order valence-corrected chi connectivity index (χ3v) is 2.65. The molecular formula is C13H13F2NO5. The lowest BCUT2D eigenvalue weighted by atomic mass is 10.1. The van der Waals surface area contributed by atoms with Crippen molar-refractivity contribution >= 4 is 17.8 Å². The second-order valence-corrected chi connectivity index (χ2v) is 4.30. The van der Waals surface area contributed by atoms with Gasteiger partial charge in [-0.15, -0.1) is 0 Å². The first kappa shape index (κ1) is 16.5. The molecule has 0 radical (unpaired) electrons. The van der Waals surface area contributed by atoms with Gasteiger partial charge in [0.25, 0.3) is 0 Å². The van der Waals surface area contributed by atoms with Gasteiger partial charge in [0.1, 0.15) is 17.7 Å². The van der Waals surface area contributed by atoms with Crippen LogP contribution in [0.5, 0.6) is 0 Å². The molecule has 0 aliphatic carbocycles. The molecule has 6 nitrogen and oxygen atoms in total. The number of aliphatic carboxylic acids is 2. The summed E-state index contributed by atoms with van der Waals surface area (Å²) in [4.78, 5) is 32.9. The van der Waals surface area contributed by atoms with Crippen LogP contribution in [0.25, 0.3) is 0 Å². The lowest BCUT2D eigenvalue weighted by Crippen LogP contribution is -2.41. The number of carboxylic acid groups (broad SMARTS) is 2. The Kier molecular flexibility index (Phi) is 5.77. The summed E-state index contributed by atoms with van der Waals surface area (Å²) in [5.74, 6) is -5.08. The largest absolute Gasteiger partial charge is 0.481 e. The molecule has 0 saturated carbocycles. The van der Waals surface area contributed by atoms with Gasteiger partial charge in [-0.1, -0.05) is 6.07 Å². The summed E-state index contributed by atoms with van der Waals surface area (Å²) in [6, 6.07) is 1.29. The molecule has 3 N–H and O–H groups in total. The monoisotopic (exact) mass is 301 g/mol. The Morgan fingerprint density at radius 1 is 1.19 bits per heavy atom. The molecule has 0 saturated heterocycles. The van der Waals surface area contributed by atoms with Gasteiger partial charge >= 0.3 is 11.9 Å². The van der Waals surface area contributed by atoms with Crippen LogP contribution in [0.1, 0.15) is 18.4 Å². The van der Waals surface area contributed by atoms with Crippen LogP contribution in [0.4, 0.5) is 8.78 Å². The minimum Gasteiger partial charge on any atom is -0.481 e. The number of halogens is 2. The van der Waals surface area contributed by atoms with Gasteiger partial charge in [0.05, 0.1) is 6.42 Å². The molecule has 0 unspecified atom stereocenters. The van der Waals surface area contributed by atoms with Crippen LogP contribution >= 0.6 is 0 Å². The van der Waals surface area contributed by atoms with Crippen LogP contribution < -0.4 is 5.32 Å². The van der Waals surface area contributed by atoms with Crippen molar-refractivity contribution < 1.29 is 33.4 Å². The van der Waals surface area contributed by atoms with Gasteiger partial charge in [-0.25, -0.2) is 13.6 Å². The predicted octanol–water partition coefficient (Wildman–Crippen LogP) is 0.942. The highest BCUT2D eigenvalue weighted by Crippen LogP contribution is 2.10. The fraction of sp³-hybridized carbons (Fsp3) is 0.308. The molecule has 21 heavy (non-hydrogen) atoms. The molecular weight excluding hydrogens is 288 g/mol. The number of carboxylic acids is 2. The van der Waals surface area contributed by atoms with Crippen LogP contribution in [0.3, 0.4) is 0 Å². The zero-order chi connectivity index (χ0) is 16.0. The molecule has 0 heterocycles. The van der Waals surface area contributed by atoms with E-state index in [9.17, 15) is 23.2 Å². The van der Waals surface area contributed by atoms with E-state index in [4.69, 9.17) is 10.2 Å². The molecule has 1 amide bonds. The number of carbonyl (C=O) groups is 3. The van der Waals surface area contributed by atoms with E-state index >= 15 is 0 Å². The van der Waals surface area contributed by atoms with Gasteiger partial charge in [0.2, 0.25) is 5.91 Å². The van der Waals surface area contributed by atoms with E-state index in [1.54, 1.807) is 0 Å². The van der Waals surface area contributed by atoms with Crippen molar-refractivity contribution in [1.29, 1.82) is 0 Å². The number of benzene rings is 1. The summed E-state index contributed by atoms with van der Waals surface area (Å²) in [5.41, 5.74) is -0.0868. The zero-order valence-corrected chi connectivity index (χ0v) is 10.8. The van der Waals surface area contributed by atoms with E-state index in [-0.39, 0.29) is 12.0 Å². The lowest BCUT2D eigenvalue weighted by molar-refractivity contribution is -0.143. The van der Waals surface area contributed by atoms with Gasteiger partial charge < -0.3 is 15.5 Å². The van der Waals surface area contributed by atoms with Crippen molar-refractivity contribution in [1.82, 2.24) is 5.32 Å². The smallest absolute Gasteiger partial charge is 0.326 e. The first-order valence-electron chi connectivity index (χ1n) is 5.97. The molecule has 0 spiro atoms. The Morgan fingerprint density at radius 3 is 2.38 bits per heavy atom. The SMILES string of the molecule is O=C(O)CC[C@H](NC(=O)Cc1ccc(F)cc1F)C(=O)O. The molecule has 1 atom stereocenters. The minimum atomic E-state index is -1.39. The number of carbonyl (C=O) groups excluding carboxylic acids is 1. The Bertz CT molecular complexity index is 561. The Labute approximate surface area is 118 Å². The molecule has 0 aliphatic heterocycles. The quantitative estimate of drug-likeness (QED) is 0.695. The highest BCUT2D eigenvalue weighted by Gasteiger charge is 2.21. The van der Waals surface area contributed by atoms with Crippen molar-refractivity contribution in [2.75, 3.05) is 0 Å². The third-order valence-electron chi connectivity index (χ3n) is 2.65. The molecule has 0 aliphatic rings. The topological polar surface area (TPSA) is 104 Å². The fourth-order valence-corrected chi connectivity index (χ4v) is 1.61. The Morgan fingerprint density at radius 2 is 1.86 bits per heavy atom. The first-order chi connectivity index (χ1) is 9.79. The van der Waals surface area contributed by atoms with E-state index < -0.39 is 48.4 Å². The van der Waals surface area contributed by atoms with Crippen LogP contribution in [0.2, 0.25) is 0 Å². The van der Waals surface area contributed by atoms with Gasteiger partial charge in [0.15, 0.2) is 0 Å². The van der Waals surface area contributed by atoms with Crippen LogP contribution in [0, 0.1) is 11.6 Å². The van der Waals surface area contributed by atoms with Gasteiger partial charge in [-0.05, 0) is 18.1 Å². The summed E-state index contributed by atoms with van der Waals surface area (Å²) < 4.78 is 26.0. The number of hydrogen-bond donors (Lipinski definition) is 3. The van der Waals surface area contributed by atoms with Crippen molar-refractivity contribution in [3.8, 4) is 0 Å². The third kappa shape index (κ3) is 5.55. The number of hydrogen-bond acceptors (Lipinski definition) is 3. The van der Waals surface area contributed by atoms with Crippen molar-refractivity contribution in [2.24, 2.45) is 0 Å². The molecule has 0 bridgehead atoms. The Balaban J connectivity index is 2.65. The standard InChI is InChI=1S/C13H13F2NO5/c14-8-2-1-7(9(15)6-8)5-11(17)16-10(13(20)21)3-4-12(18)19/h1-2,6,10H,3-5H2,(H,16,17)(H,18,19)(H,20,21)/t10-/m0/s1. The molecule has 8 heteroatoms. The summed E-state index contributed by atoms with van der Waals surface area (Å²) in [6.45, 7) is 0. The lowest BCUT2D eigenvalue weighted by Gasteiger charge is -2.13. The second-order valence-electron chi connectivity index (χ2n) is 4.30. The maximum atomic E-state index is 13.3. The summed E-state index contributed by atoms with van der Waals surface area (Å²) >= 11 is 0. The van der Waals surface area contributed by atoms with Crippen LogP contribution in [-0.2, 0) is 20.8 Å². The Hall–Kier alpha value is -2.51. The molecule has 114 valence electrons. The number of rotatable bonds is 7. The average Bonchev–Trinajstić information content (AvgIpc) is 2.37. The van der Waals surface area contributed by atoms with E-state index in [0.717, 1.165) is 12.1 Å². The molecule has 0 fully saturated rings. The van der Waals surface area contributed by atoms with Gasteiger partial charge in [-0.2, -0.15) is 0 Å². The van der Waals surface area contributed by atoms with Crippen LogP contribution in [-0.4, -0.2) is 34.1 Å². The first-order valence-corrected chi connectivity index (χ1v) is 5.97. The minimum absolute atomic E-state index is 0.0868. The molecule has 1 aromatic rings. The van der Waals surface area contributed by atoms with Gasteiger partial charge in [-0.3, -0.25) is 9.59 Å². The van der Waals surface area contributed by atoms with Crippen molar-refractivity contribution in [3.05, 3.63) is 35.4 Å². The van der Waals surface area contributed by atoms with E-state index in [2.05, 4.69) is 5.32 Å². The summed E-state index contributed by atoms with van der Waals surface area (Å²) in [6.07, 6.45) is -1.19. The van der Waals surface area contributed by atoms with Gasteiger partial charge in [0, 0.05) is 12.5 Å². The average molecular weight is 301 g/mol. The number of nitrogens with one attached hydrogen (secondary N) is 1. The predicted molar refractivity (Wildman–Crippen MR) is 66.5 cm³/mol. The molecule has 0 aromatic heterocycles. The fourth-order valence-electron chi connectivity index (χ4n) is 1.61. The molecule has 1 aromatic carbocycles. The normalized spacial score (nSPS) is 11.7. The highest BCUT2D eigenvalue weighted by molar-refractivity contribution is 5.85. The highest BCUT2D eigenvalue weighted by atomic mass is 19.1. The van der Waals surface area contributed by atoms with Crippen molar-refractivity contribution in [3.63, 3.8) is 0 Å². The van der Waals surface area contributed by atoms with E-state index in [1.165, 1.54) is 0 Å². The second kappa shape index (κ2) is 7.32. The molecule has 1 rings (SSSR count). The maximum Gasteiger partial charge on any atom is 0.326 e.